The molecule has 0 amide bonds. The molecule has 0 saturated carbocycles. The Morgan fingerprint density at radius 3 is 2.64 bits per heavy atom. The number of ether oxygens (including phenoxy) is 1. The van der Waals surface area contributed by atoms with Gasteiger partial charge in [-0.25, -0.2) is 0 Å². The molecule has 14 heavy (non-hydrogen) atoms. The molecule has 0 aliphatic rings. The van der Waals surface area contributed by atoms with Crippen LogP contribution >= 0.6 is 12.2 Å². The van der Waals surface area contributed by atoms with Crippen LogP contribution in [0.4, 0.5) is 0 Å². The summed E-state index contributed by atoms with van der Waals surface area (Å²) in [5, 5.41) is 0. The summed E-state index contributed by atoms with van der Waals surface area (Å²) in [4.78, 5) is 1.06. The molecular weight excluding hydrogens is 192 g/mol. The fraction of sp³-hybridized carbons (Fsp3) is 0.417. The first-order valence-electron chi connectivity index (χ1n) is 4.90. The van der Waals surface area contributed by atoms with Crippen LogP contribution in [0.3, 0.4) is 0 Å². The van der Waals surface area contributed by atoms with Crippen LogP contribution in [0.5, 0.6) is 0 Å². The van der Waals surface area contributed by atoms with E-state index in [0.717, 1.165) is 24.3 Å². The van der Waals surface area contributed by atoms with Crippen molar-refractivity contribution < 1.29 is 4.74 Å². The van der Waals surface area contributed by atoms with Crippen molar-refractivity contribution in [2.24, 2.45) is 0 Å². The third-order valence-corrected chi connectivity index (χ3v) is 2.13. The molecule has 0 saturated heterocycles. The van der Waals surface area contributed by atoms with Crippen molar-refractivity contribution in [3.05, 3.63) is 35.9 Å². The molecule has 0 atom stereocenters. The lowest BCUT2D eigenvalue weighted by Gasteiger charge is -2.03. The standard InChI is InChI=1S/C12H16OS/c1-11(14)6-5-9-13-10-12-7-3-2-4-8-12/h2-4,7-8H,5-6,9-10H2,1H3. The van der Waals surface area contributed by atoms with Crippen molar-refractivity contribution in [1.29, 1.82) is 0 Å². The lowest BCUT2D eigenvalue weighted by Crippen LogP contribution is -1.97. The summed E-state index contributed by atoms with van der Waals surface area (Å²) < 4.78 is 5.51. The molecule has 0 aromatic heterocycles. The Morgan fingerprint density at radius 2 is 2.00 bits per heavy atom. The van der Waals surface area contributed by atoms with Crippen LogP contribution in [0.25, 0.3) is 0 Å². The molecule has 0 N–H and O–H groups in total. The molecule has 0 aliphatic carbocycles. The zero-order valence-corrected chi connectivity index (χ0v) is 9.35. The first-order valence-corrected chi connectivity index (χ1v) is 5.31. The molecule has 2 heteroatoms. The van der Waals surface area contributed by atoms with E-state index in [9.17, 15) is 0 Å². The Balaban J connectivity index is 2.08. The van der Waals surface area contributed by atoms with Gasteiger partial charge in [0.05, 0.1) is 6.61 Å². The van der Waals surface area contributed by atoms with Gasteiger partial charge in [0, 0.05) is 6.61 Å². The lowest BCUT2D eigenvalue weighted by molar-refractivity contribution is 0.120. The zero-order valence-electron chi connectivity index (χ0n) is 8.53. The topological polar surface area (TPSA) is 9.23 Å². The van der Waals surface area contributed by atoms with Crippen LogP contribution in [0.1, 0.15) is 25.3 Å². The summed E-state index contributed by atoms with van der Waals surface area (Å²) in [6.45, 7) is 3.48. The Bertz CT molecular complexity index is 269. The minimum atomic E-state index is 0.706. The normalized spacial score (nSPS) is 10.1. The highest BCUT2D eigenvalue weighted by atomic mass is 32.1. The van der Waals surface area contributed by atoms with E-state index in [-0.39, 0.29) is 0 Å². The van der Waals surface area contributed by atoms with Gasteiger partial charge in [0.1, 0.15) is 0 Å². The third kappa shape index (κ3) is 5.10. The molecule has 0 aliphatic heterocycles. The van der Waals surface area contributed by atoms with Crippen molar-refractivity contribution in [3.63, 3.8) is 0 Å². The molecular formula is C12H16OS. The molecule has 1 aromatic carbocycles. The van der Waals surface area contributed by atoms with E-state index in [0.29, 0.717) is 6.61 Å². The lowest BCUT2D eigenvalue weighted by atomic mass is 10.2. The summed E-state index contributed by atoms with van der Waals surface area (Å²) in [6.07, 6.45) is 2.02. The van der Waals surface area contributed by atoms with E-state index in [2.05, 4.69) is 12.1 Å². The Labute approximate surface area is 91.1 Å². The fourth-order valence-corrected chi connectivity index (χ4v) is 1.33. The highest BCUT2D eigenvalue weighted by molar-refractivity contribution is 7.80. The molecule has 0 radical (unpaired) electrons. The molecule has 0 heterocycles. The van der Waals surface area contributed by atoms with Gasteiger partial charge in [0.2, 0.25) is 0 Å². The first kappa shape index (κ1) is 11.3. The third-order valence-electron chi connectivity index (χ3n) is 1.93. The molecule has 76 valence electrons. The smallest absolute Gasteiger partial charge is 0.0716 e. The van der Waals surface area contributed by atoms with Gasteiger partial charge in [-0.3, -0.25) is 0 Å². The first-order chi connectivity index (χ1) is 6.79. The van der Waals surface area contributed by atoms with Gasteiger partial charge in [-0.2, -0.15) is 0 Å². The number of thiocarbonyl (C=S) groups is 1. The van der Waals surface area contributed by atoms with E-state index in [1.165, 1.54) is 5.56 Å². The predicted molar refractivity (Wildman–Crippen MR) is 63.6 cm³/mol. The number of hydrogen-bond acceptors (Lipinski definition) is 2. The molecule has 0 spiro atoms. The molecule has 1 nitrogen and oxygen atoms in total. The summed E-state index contributed by atoms with van der Waals surface area (Å²) in [6, 6.07) is 10.2. The maximum Gasteiger partial charge on any atom is 0.0716 e. The monoisotopic (exact) mass is 208 g/mol. The van der Waals surface area contributed by atoms with Crippen LogP contribution in [0.2, 0.25) is 0 Å². The summed E-state index contributed by atoms with van der Waals surface area (Å²) in [5.74, 6) is 0. The van der Waals surface area contributed by atoms with Crippen LogP contribution in [-0.4, -0.2) is 11.5 Å². The average molecular weight is 208 g/mol. The highest BCUT2D eigenvalue weighted by Gasteiger charge is 1.92. The Morgan fingerprint density at radius 1 is 1.29 bits per heavy atom. The maximum atomic E-state index is 5.51. The van der Waals surface area contributed by atoms with Gasteiger partial charge in [0.15, 0.2) is 0 Å². The van der Waals surface area contributed by atoms with Crippen LogP contribution in [-0.2, 0) is 11.3 Å². The van der Waals surface area contributed by atoms with Crippen molar-refractivity contribution in [2.45, 2.75) is 26.4 Å². The number of benzene rings is 1. The number of rotatable bonds is 6. The summed E-state index contributed by atoms with van der Waals surface area (Å²) in [7, 11) is 0. The minimum Gasteiger partial charge on any atom is -0.377 e. The highest BCUT2D eigenvalue weighted by Crippen LogP contribution is 2.01. The zero-order chi connectivity index (χ0) is 10.2. The minimum absolute atomic E-state index is 0.706. The van der Waals surface area contributed by atoms with Crippen LogP contribution < -0.4 is 0 Å². The second-order valence-electron chi connectivity index (χ2n) is 3.34. The van der Waals surface area contributed by atoms with Crippen LogP contribution in [0.15, 0.2) is 30.3 Å². The van der Waals surface area contributed by atoms with Gasteiger partial charge in [-0.1, -0.05) is 42.5 Å². The largest absolute Gasteiger partial charge is 0.377 e. The Kier molecular flexibility index (Phi) is 5.42. The van der Waals surface area contributed by atoms with Gasteiger partial charge < -0.3 is 4.74 Å². The van der Waals surface area contributed by atoms with E-state index in [4.69, 9.17) is 17.0 Å². The van der Waals surface area contributed by atoms with Gasteiger partial charge in [-0.15, -0.1) is 0 Å². The molecule has 0 unspecified atom stereocenters. The van der Waals surface area contributed by atoms with Gasteiger partial charge in [-0.05, 0) is 30.2 Å². The second kappa shape index (κ2) is 6.68. The average Bonchev–Trinajstić information content (AvgIpc) is 2.18. The molecule has 1 rings (SSSR count). The molecule has 1 aromatic rings. The van der Waals surface area contributed by atoms with Crippen molar-refractivity contribution in [1.82, 2.24) is 0 Å². The van der Waals surface area contributed by atoms with Crippen molar-refractivity contribution >= 4 is 17.1 Å². The fourth-order valence-electron chi connectivity index (χ4n) is 1.19. The predicted octanol–water partition coefficient (Wildman–Crippen LogP) is 3.37. The molecule has 0 fully saturated rings. The second-order valence-corrected chi connectivity index (χ2v) is 4.04. The van der Waals surface area contributed by atoms with Gasteiger partial charge >= 0.3 is 0 Å². The van der Waals surface area contributed by atoms with Crippen molar-refractivity contribution in [2.75, 3.05) is 6.61 Å². The van der Waals surface area contributed by atoms with Gasteiger partial charge in [0.25, 0.3) is 0 Å². The number of hydrogen-bond donors (Lipinski definition) is 0. The quantitative estimate of drug-likeness (QED) is 0.523. The molecule has 0 bridgehead atoms. The van der Waals surface area contributed by atoms with E-state index in [1.54, 1.807) is 0 Å². The van der Waals surface area contributed by atoms with E-state index < -0.39 is 0 Å². The summed E-state index contributed by atoms with van der Waals surface area (Å²) in [5.41, 5.74) is 1.23. The van der Waals surface area contributed by atoms with Crippen molar-refractivity contribution in [3.8, 4) is 0 Å². The van der Waals surface area contributed by atoms with Crippen LogP contribution in [0, 0.1) is 0 Å². The van der Waals surface area contributed by atoms with E-state index >= 15 is 0 Å². The van der Waals surface area contributed by atoms with E-state index in [1.807, 2.05) is 25.1 Å². The SMILES string of the molecule is CC(=S)CCCOCc1ccccc1. The maximum absolute atomic E-state index is 5.51. The summed E-state index contributed by atoms with van der Waals surface area (Å²) >= 11 is 4.98. The Hall–Kier alpha value is -0.730.